The normalized spacial score (nSPS) is 10.2. The van der Waals surface area contributed by atoms with Crippen molar-refractivity contribution in [3.05, 3.63) is 22.4 Å². The third-order valence-corrected chi connectivity index (χ3v) is 4.00. The minimum atomic E-state index is -0.473. The topological polar surface area (TPSA) is 94.3 Å². The van der Waals surface area contributed by atoms with Gasteiger partial charge < -0.3 is 15.8 Å². The molecule has 2 heterocycles. The molecule has 6 nitrogen and oxygen atoms in total. The molecular weight excluding hydrogens is 298 g/mol. The zero-order valence-electron chi connectivity index (χ0n) is 10.7. The molecule has 1 amide bonds. The molecule has 0 radical (unpaired) electrons. The molecule has 8 heteroatoms. The highest BCUT2D eigenvalue weighted by molar-refractivity contribution is 7.15. The van der Waals surface area contributed by atoms with Crippen LogP contribution in [-0.2, 0) is 20.9 Å². The molecule has 0 aliphatic heterocycles. The van der Waals surface area contributed by atoms with Crippen LogP contribution in [0, 0.1) is 0 Å². The summed E-state index contributed by atoms with van der Waals surface area (Å²) in [5.74, 6) is -0.801. The SMILES string of the molecule is CC(=O)OCC(=O)NCc1csc(-c2csc(N)n2)c1. The molecule has 0 aromatic carbocycles. The Balaban J connectivity index is 1.87. The highest BCUT2D eigenvalue weighted by atomic mass is 32.1. The van der Waals surface area contributed by atoms with Gasteiger partial charge in [-0.05, 0) is 17.0 Å². The van der Waals surface area contributed by atoms with E-state index in [-0.39, 0.29) is 12.5 Å². The number of anilines is 1. The number of nitrogen functional groups attached to an aromatic ring is 1. The summed E-state index contributed by atoms with van der Waals surface area (Å²) < 4.78 is 4.60. The summed E-state index contributed by atoms with van der Waals surface area (Å²) in [7, 11) is 0. The number of ether oxygens (including phenoxy) is 1. The Labute approximate surface area is 123 Å². The minimum absolute atomic E-state index is 0.255. The predicted octanol–water partition coefficient (Wildman–Crippen LogP) is 1.63. The molecule has 2 aromatic heterocycles. The number of thiophene rings is 1. The van der Waals surface area contributed by atoms with Crippen molar-refractivity contribution in [1.82, 2.24) is 10.3 Å². The maximum absolute atomic E-state index is 11.4. The molecule has 106 valence electrons. The van der Waals surface area contributed by atoms with E-state index in [1.165, 1.54) is 29.6 Å². The number of nitrogens with two attached hydrogens (primary N) is 1. The number of nitrogens with one attached hydrogen (secondary N) is 1. The number of esters is 1. The van der Waals surface area contributed by atoms with E-state index in [1.54, 1.807) is 0 Å². The lowest BCUT2D eigenvalue weighted by atomic mass is 10.3. The maximum Gasteiger partial charge on any atom is 0.303 e. The zero-order valence-corrected chi connectivity index (χ0v) is 12.3. The van der Waals surface area contributed by atoms with Gasteiger partial charge in [-0.3, -0.25) is 9.59 Å². The van der Waals surface area contributed by atoms with Gasteiger partial charge >= 0.3 is 5.97 Å². The van der Waals surface area contributed by atoms with E-state index in [1.807, 2.05) is 16.8 Å². The molecule has 0 unspecified atom stereocenters. The Bertz CT molecular complexity index is 621. The minimum Gasteiger partial charge on any atom is -0.456 e. The van der Waals surface area contributed by atoms with Gasteiger partial charge in [0.15, 0.2) is 11.7 Å². The molecule has 0 fully saturated rings. The van der Waals surface area contributed by atoms with Crippen molar-refractivity contribution >= 4 is 39.7 Å². The third kappa shape index (κ3) is 4.04. The zero-order chi connectivity index (χ0) is 14.5. The Morgan fingerprint density at radius 2 is 2.20 bits per heavy atom. The molecule has 0 aliphatic carbocycles. The maximum atomic E-state index is 11.4. The lowest BCUT2D eigenvalue weighted by molar-refractivity contribution is -0.146. The monoisotopic (exact) mass is 311 g/mol. The van der Waals surface area contributed by atoms with Crippen molar-refractivity contribution in [3.63, 3.8) is 0 Å². The van der Waals surface area contributed by atoms with Crippen LogP contribution in [0.25, 0.3) is 10.6 Å². The summed E-state index contributed by atoms with van der Waals surface area (Å²) >= 11 is 2.93. The van der Waals surface area contributed by atoms with E-state index in [0.29, 0.717) is 11.7 Å². The Morgan fingerprint density at radius 3 is 2.85 bits per heavy atom. The Kier molecular flexibility index (Phi) is 4.70. The van der Waals surface area contributed by atoms with Crippen LogP contribution in [0.15, 0.2) is 16.8 Å². The van der Waals surface area contributed by atoms with Gasteiger partial charge in [-0.1, -0.05) is 0 Å². The molecule has 0 saturated heterocycles. The first-order valence-electron chi connectivity index (χ1n) is 5.73. The number of hydrogen-bond acceptors (Lipinski definition) is 7. The first-order chi connectivity index (χ1) is 9.54. The van der Waals surface area contributed by atoms with E-state index in [4.69, 9.17) is 5.73 Å². The Hall–Kier alpha value is -1.93. The summed E-state index contributed by atoms with van der Waals surface area (Å²) in [6.45, 7) is 1.39. The number of thiazole rings is 1. The van der Waals surface area contributed by atoms with Crippen molar-refractivity contribution in [2.24, 2.45) is 0 Å². The number of amides is 1. The van der Waals surface area contributed by atoms with E-state index in [9.17, 15) is 9.59 Å². The lowest BCUT2D eigenvalue weighted by Gasteiger charge is -2.03. The number of hydrogen-bond donors (Lipinski definition) is 2. The Morgan fingerprint density at radius 1 is 1.40 bits per heavy atom. The van der Waals surface area contributed by atoms with Crippen molar-refractivity contribution in [3.8, 4) is 10.6 Å². The van der Waals surface area contributed by atoms with Gasteiger partial charge in [0.1, 0.15) is 0 Å². The van der Waals surface area contributed by atoms with Gasteiger partial charge in [0.05, 0.1) is 10.6 Å². The van der Waals surface area contributed by atoms with E-state index in [0.717, 1.165) is 16.1 Å². The van der Waals surface area contributed by atoms with E-state index in [2.05, 4.69) is 15.0 Å². The van der Waals surface area contributed by atoms with Gasteiger partial charge in [-0.2, -0.15) is 0 Å². The lowest BCUT2D eigenvalue weighted by Crippen LogP contribution is -2.27. The van der Waals surface area contributed by atoms with Crippen molar-refractivity contribution in [2.75, 3.05) is 12.3 Å². The molecule has 2 aromatic rings. The van der Waals surface area contributed by atoms with Gasteiger partial charge in [-0.15, -0.1) is 22.7 Å². The second kappa shape index (κ2) is 6.49. The second-order valence-corrected chi connectivity index (χ2v) is 5.75. The van der Waals surface area contributed by atoms with Gasteiger partial charge in [0, 0.05) is 18.8 Å². The van der Waals surface area contributed by atoms with Gasteiger partial charge in [0.25, 0.3) is 5.91 Å². The van der Waals surface area contributed by atoms with Crippen LogP contribution in [0.3, 0.4) is 0 Å². The van der Waals surface area contributed by atoms with Crippen LogP contribution in [0.5, 0.6) is 0 Å². The summed E-state index contributed by atoms with van der Waals surface area (Å²) in [6, 6.07) is 1.95. The number of nitrogens with zero attached hydrogens (tertiary/aromatic N) is 1. The molecule has 0 aliphatic rings. The summed E-state index contributed by atoms with van der Waals surface area (Å²) in [6.07, 6.45) is 0. The molecular formula is C12H13N3O3S2. The standard InChI is InChI=1S/C12H13N3O3S2/c1-7(16)18-4-11(17)14-3-8-2-10(19-5-8)9-6-20-12(13)15-9/h2,5-6H,3-4H2,1H3,(H2,13,15)(H,14,17). The molecule has 0 bridgehead atoms. The van der Waals surface area contributed by atoms with Crippen molar-refractivity contribution in [1.29, 1.82) is 0 Å². The van der Waals surface area contributed by atoms with E-state index < -0.39 is 5.97 Å². The number of carbonyl (C=O) groups is 2. The quantitative estimate of drug-likeness (QED) is 0.819. The average molecular weight is 311 g/mol. The molecule has 0 spiro atoms. The fraction of sp³-hybridized carbons (Fsp3) is 0.250. The van der Waals surface area contributed by atoms with Crippen LogP contribution in [0.2, 0.25) is 0 Å². The summed E-state index contributed by atoms with van der Waals surface area (Å²) in [4.78, 5) is 27.2. The van der Waals surface area contributed by atoms with Crippen LogP contribution in [0.4, 0.5) is 5.13 Å². The average Bonchev–Trinajstić information content (AvgIpc) is 3.02. The van der Waals surface area contributed by atoms with Crippen LogP contribution in [-0.4, -0.2) is 23.5 Å². The van der Waals surface area contributed by atoms with Gasteiger partial charge in [0.2, 0.25) is 0 Å². The molecule has 0 atom stereocenters. The largest absolute Gasteiger partial charge is 0.456 e. The number of rotatable bonds is 5. The third-order valence-electron chi connectivity index (χ3n) is 2.32. The first-order valence-corrected chi connectivity index (χ1v) is 7.49. The number of aromatic nitrogens is 1. The van der Waals surface area contributed by atoms with Gasteiger partial charge in [-0.25, -0.2) is 4.98 Å². The highest BCUT2D eigenvalue weighted by Gasteiger charge is 2.08. The van der Waals surface area contributed by atoms with Crippen LogP contribution in [0.1, 0.15) is 12.5 Å². The van der Waals surface area contributed by atoms with Crippen LogP contribution >= 0.6 is 22.7 Å². The predicted molar refractivity (Wildman–Crippen MR) is 78.3 cm³/mol. The van der Waals surface area contributed by atoms with Crippen molar-refractivity contribution in [2.45, 2.75) is 13.5 Å². The smallest absolute Gasteiger partial charge is 0.303 e. The van der Waals surface area contributed by atoms with Crippen LogP contribution < -0.4 is 11.1 Å². The summed E-state index contributed by atoms with van der Waals surface area (Å²) in [5.41, 5.74) is 7.40. The fourth-order valence-electron chi connectivity index (χ4n) is 1.42. The molecule has 2 rings (SSSR count). The number of carbonyl (C=O) groups excluding carboxylic acids is 2. The summed E-state index contributed by atoms with van der Waals surface area (Å²) in [5, 5.41) is 7.04. The van der Waals surface area contributed by atoms with E-state index >= 15 is 0 Å². The molecule has 3 N–H and O–H groups in total. The first kappa shape index (κ1) is 14.5. The second-order valence-electron chi connectivity index (χ2n) is 3.95. The molecule has 20 heavy (non-hydrogen) atoms. The van der Waals surface area contributed by atoms with Crippen molar-refractivity contribution < 1.29 is 14.3 Å². The highest BCUT2D eigenvalue weighted by Crippen LogP contribution is 2.28. The fourth-order valence-corrected chi connectivity index (χ4v) is 2.93. The molecule has 0 saturated carbocycles.